The molecule has 0 amide bonds. The Labute approximate surface area is 111 Å². The Morgan fingerprint density at radius 1 is 1.56 bits per heavy atom. The van der Waals surface area contributed by atoms with Crippen LogP contribution in [0.1, 0.15) is 5.56 Å². The third-order valence-corrected chi connectivity index (χ3v) is 3.97. The monoisotopic (exact) mass is 282 g/mol. The summed E-state index contributed by atoms with van der Waals surface area (Å²) >= 11 is 7.53. The van der Waals surface area contributed by atoms with E-state index in [2.05, 4.69) is 10.6 Å². The molecule has 92 valence electrons. The maximum absolute atomic E-state index is 9.57. The van der Waals surface area contributed by atoms with Crippen molar-refractivity contribution in [2.45, 2.75) is 12.6 Å². The van der Waals surface area contributed by atoms with E-state index in [0.29, 0.717) is 12.5 Å². The number of halogens is 2. The van der Waals surface area contributed by atoms with Crippen LogP contribution < -0.4 is 10.6 Å². The van der Waals surface area contributed by atoms with Crippen molar-refractivity contribution in [1.29, 1.82) is 0 Å². The van der Waals surface area contributed by atoms with Crippen LogP contribution >= 0.6 is 35.3 Å². The van der Waals surface area contributed by atoms with Crippen LogP contribution in [-0.2, 0) is 6.54 Å². The predicted molar refractivity (Wildman–Crippen MR) is 70.7 cm³/mol. The third kappa shape index (κ3) is 3.58. The SMILES string of the molecule is Cl.OC1CNCC1CNCc1ccsc1Cl. The first-order valence-electron chi connectivity index (χ1n) is 5.08. The van der Waals surface area contributed by atoms with Gasteiger partial charge in [-0.1, -0.05) is 11.6 Å². The van der Waals surface area contributed by atoms with Crippen LogP contribution in [0, 0.1) is 5.92 Å². The molecule has 0 aliphatic carbocycles. The van der Waals surface area contributed by atoms with E-state index < -0.39 is 0 Å². The second kappa shape index (κ2) is 6.79. The van der Waals surface area contributed by atoms with Crippen molar-refractivity contribution in [2.75, 3.05) is 19.6 Å². The largest absolute Gasteiger partial charge is 0.391 e. The zero-order valence-electron chi connectivity index (χ0n) is 8.78. The van der Waals surface area contributed by atoms with Crippen LogP contribution in [0.3, 0.4) is 0 Å². The van der Waals surface area contributed by atoms with E-state index in [0.717, 1.165) is 29.5 Å². The highest BCUT2D eigenvalue weighted by atomic mass is 35.5. The van der Waals surface area contributed by atoms with E-state index in [1.54, 1.807) is 11.3 Å². The fourth-order valence-electron chi connectivity index (χ4n) is 1.77. The summed E-state index contributed by atoms with van der Waals surface area (Å²) in [6.07, 6.45) is -0.213. The highest BCUT2D eigenvalue weighted by molar-refractivity contribution is 7.14. The molecular formula is C10H16Cl2N2OS. The average Bonchev–Trinajstić information content (AvgIpc) is 2.78. The molecule has 1 fully saturated rings. The lowest BCUT2D eigenvalue weighted by Gasteiger charge is -2.13. The van der Waals surface area contributed by atoms with Crippen LogP contribution in [0.15, 0.2) is 11.4 Å². The molecule has 0 saturated carbocycles. The Bertz CT molecular complexity index is 322. The number of hydrogen-bond acceptors (Lipinski definition) is 4. The van der Waals surface area contributed by atoms with Crippen molar-refractivity contribution in [3.05, 3.63) is 21.3 Å². The van der Waals surface area contributed by atoms with Crippen LogP contribution in [0.5, 0.6) is 0 Å². The van der Waals surface area contributed by atoms with Gasteiger partial charge in [0.05, 0.1) is 10.4 Å². The van der Waals surface area contributed by atoms with Crippen molar-refractivity contribution in [1.82, 2.24) is 10.6 Å². The lowest BCUT2D eigenvalue weighted by Crippen LogP contribution is -2.30. The highest BCUT2D eigenvalue weighted by Gasteiger charge is 2.24. The Hall–Kier alpha value is 0.160. The van der Waals surface area contributed by atoms with E-state index in [4.69, 9.17) is 11.6 Å². The Balaban J connectivity index is 0.00000128. The number of thiophene rings is 1. The normalized spacial score (nSPS) is 24.4. The Morgan fingerprint density at radius 3 is 2.94 bits per heavy atom. The van der Waals surface area contributed by atoms with Crippen LogP contribution in [-0.4, -0.2) is 30.8 Å². The van der Waals surface area contributed by atoms with Gasteiger partial charge < -0.3 is 15.7 Å². The molecule has 1 aliphatic rings. The molecule has 0 bridgehead atoms. The second-order valence-corrected chi connectivity index (χ2v) is 5.35. The molecule has 6 heteroatoms. The lowest BCUT2D eigenvalue weighted by molar-refractivity contribution is 0.146. The van der Waals surface area contributed by atoms with Gasteiger partial charge in [-0.3, -0.25) is 0 Å². The van der Waals surface area contributed by atoms with Crippen molar-refractivity contribution >= 4 is 35.3 Å². The fraction of sp³-hybridized carbons (Fsp3) is 0.600. The van der Waals surface area contributed by atoms with Crippen LogP contribution in [0.4, 0.5) is 0 Å². The Morgan fingerprint density at radius 2 is 2.38 bits per heavy atom. The van der Waals surface area contributed by atoms with Crippen molar-refractivity contribution in [2.24, 2.45) is 5.92 Å². The maximum atomic E-state index is 9.57. The van der Waals surface area contributed by atoms with Gasteiger partial charge in [0.25, 0.3) is 0 Å². The van der Waals surface area contributed by atoms with Gasteiger partial charge in [-0.05, 0) is 17.0 Å². The zero-order valence-corrected chi connectivity index (χ0v) is 11.2. The molecular weight excluding hydrogens is 267 g/mol. The van der Waals surface area contributed by atoms with E-state index >= 15 is 0 Å². The summed E-state index contributed by atoms with van der Waals surface area (Å²) in [5, 5.41) is 18.1. The van der Waals surface area contributed by atoms with Crippen LogP contribution in [0.25, 0.3) is 0 Å². The number of aliphatic hydroxyl groups excluding tert-OH is 1. The first-order chi connectivity index (χ1) is 7.27. The summed E-state index contributed by atoms with van der Waals surface area (Å²) in [6, 6.07) is 2.03. The molecule has 0 aromatic carbocycles. The first-order valence-corrected chi connectivity index (χ1v) is 6.34. The molecule has 2 heterocycles. The van der Waals surface area contributed by atoms with Crippen LogP contribution in [0.2, 0.25) is 4.34 Å². The topological polar surface area (TPSA) is 44.3 Å². The molecule has 2 rings (SSSR count). The highest BCUT2D eigenvalue weighted by Crippen LogP contribution is 2.22. The lowest BCUT2D eigenvalue weighted by atomic mass is 10.1. The average molecular weight is 283 g/mol. The number of β-amino-alcohol motifs (C(OH)–C–C–N with tert-alkyl or cyclic N) is 1. The summed E-state index contributed by atoms with van der Waals surface area (Å²) in [5.41, 5.74) is 1.14. The van der Waals surface area contributed by atoms with E-state index in [9.17, 15) is 5.11 Å². The smallest absolute Gasteiger partial charge is 0.0973 e. The second-order valence-electron chi connectivity index (χ2n) is 3.84. The minimum absolute atomic E-state index is 0. The van der Waals surface area contributed by atoms with Gasteiger partial charge in [0.2, 0.25) is 0 Å². The maximum Gasteiger partial charge on any atom is 0.0973 e. The standard InChI is InChI=1S/C10H15ClN2OS.ClH/c11-10-7(1-2-15-10)3-12-4-8-5-13-6-9(8)14;/h1-2,8-9,12-14H,3-6H2;1H. The Kier molecular flexibility index (Phi) is 6.03. The van der Waals surface area contributed by atoms with E-state index in [1.165, 1.54) is 0 Å². The van der Waals surface area contributed by atoms with Gasteiger partial charge in [-0.15, -0.1) is 23.7 Å². The van der Waals surface area contributed by atoms with Gasteiger partial charge in [0, 0.05) is 32.1 Å². The molecule has 1 saturated heterocycles. The van der Waals surface area contributed by atoms with E-state index in [-0.39, 0.29) is 18.5 Å². The third-order valence-electron chi connectivity index (χ3n) is 2.72. The summed E-state index contributed by atoms with van der Waals surface area (Å²) in [6.45, 7) is 3.23. The minimum Gasteiger partial charge on any atom is -0.391 e. The fourth-order valence-corrected chi connectivity index (χ4v) is 2.69. The van der Waals surface area contributed by atoms with Gasteiger partial charge in [0.1, 0.15) is 0 Å². The number of aliphatic hydroxyl groups is 1. The summed E-state index contributed by atoms with van der Waals surface area (Å²) < 4.78 is 0.854. The zero-order chi connectivity index (χ0) is 10.7. The summed E-state index contributed by atoms with van der Waals surface area (Å²) in [4.78, 5) is 0. The molecule has 1 aliphatic heterocycles. The summed E-state index contributed by atoms with van der Waals surface area (Å²) in [5.74, 6) is 0.322. The van der Waals surface area contributed by atoms with Crippen molar-refractivity contribution in [3.63, 3.8) is 0 Å². The van der Waals surface area contributed by atoms with Gasteiger partial charge in [-0.2, -0.15) is 0 Å². The number of hydrogen-bond donors (Lipinski definition) is 3. The minimum atomic E-state index is -0.213. The molecule has 1 aromatic heterocycles. The van der Waals surface area contributed by atoms with Gasteiger partial charge >= 0.3 is 0 Å². The first kappa shape index (κ1) is 14.2. The molecule has 0 spiro atoms. The van der Waals surface area contributed by atoms with Crippen molar-refractivity contribution < 1.29 is 5.11 Å². The van der Waals surface area contributed by atoms with E-state index in [1.807, 2.05) is 11.4 Å². The van der Waals surface area contributed by atoms with Gasteiger partial charge in [-0.25, -0.2) is 0 Å². The molecule has 2 atom stereocenters. The molecule has 3 nitrogen and oxygen atoms in total. The molecule has 3 N–H and O–H groups in total. The molecule has 1 aromatic rings. The number of nitrogens with one attached hydrogen (secondary N) is 2. The molecule has 0 radical (unpaired) electrons. The quantitative estimate of drug-likeness (QED) is 0.784. The molecule has 2 unspecified atom stereocenters. The summed E-state index contributed by atoms with van der Waals surface area (Å²) in [7, 11) is 0. The number of rotatable bonds is 4. The molecule has 16 heavy (non-hydrogen) atoms. The van der Waals surface area contributed by atoms with Crippen molar-refractivity contribution in [3.8, 4) is 0 Å². The predicted octanol–water partition coefficient (Wildman–Crippen LogP) is 1.49. The van der Waals surface area contributed by atoms with Gasteiger partial charge in [0.15, 0.2) is 0 Å².